The Balaban J connectivity index is 3.71. The molecule has 0 radical (unpaired) electrons. The highest BCUT2D eigenvalue weighted by Crippen LogP contribution is 2.34. The predicted molar refractivity (Wildman–Crippen MR) is 98.8 cm³/mol. The van der Waals surface area contributed by atoms with Crippen molar-refractivity contribution in [1.29, 1.82) is 0 Å². The Hall–Kier alpha value is 1.14. The van der Waals surface area contributed by atoms with Crippen LogP contribution >= 0.6 is 67.6 Å². The lowest BCUT2D eigenvalue weighted by molar-refractivity contribution is 0.115. The summed E-state index contributed by atoms with van der Waals surface area (Å²) in [5.74, 6) is 0. The van der Waals surface area contributed by atoms with Crippen LogP contribution in [0, 0.1) is 0 Å². The molecular formula is C10H18O3S6. The van der Waals surface area contributed by atoms with Crippen LogP contribution < -0.4 is 0 Å². The molecule has 0 aromatic carbocycles. The molecule has 0 aliphatic rings. The highest BCUT2D eigenvalue weighted by Gasteiger charge is 2.13. The van der Waals surface area contributed by atoms with Crippen LogP contribution in [0.2, 0.25) is 0 Å². The van der Waals surface area contributed by atoms with Gasteiger partial charge in [-0.25, -0.2) is 0 Å². The van der Waals surface area contributed by atoms with Crippen LogP contribution in [0.4, 0.5) is 0 Å². The van der Waals surface area contributed by atoms with Gasteiger partial charge in [0.15, 0.2) is 0 Å². The van der Waals surface area contributed by atoms with Crippen LogP contribution in [0.5, 0.6) is 0 Å². The molecule has 2 unspecified atom stereocenters. The Morgan fingerprint density at radius 1 is 0.895 bits per heavy atom. The monoisotopic (exact) mass is 378 g/mol. The molecular weight excluding hydrogens is 361 g/mol. The minimum absolute atomic E-state index is 0.0205. The summed E-state index contributed by atoms with van der Waals surface area (Å²) in [6.45, 7) is 8.98. The first kappa shape index (κ1) is 20.1. The van der Waals surface area contributed by atoms with E-state index in [1.165, 1.54) is 43.2 Å². The topological polar surface area (TPSA) is 27.7 Å². The first-order valence-corrected chi connectivity index (χ1v) is 10.9. The summed E-state index contributed by atoms with van der Waals surface area (Å²) in [7, 11) is 5.91. The fourth-order valence-corrected chi connectivity index (χ4v) is 4.86. The van der Waals surface area contributed by atoms with Gasteiger partial charge in [-0.3, -0.25) is 0 Å². The van der Waals surface area contributed by atoms with Crippen molar-refractivity contribution in [1.82, 2.24) is 0 Å². The predicted octanol–water partition coefficient (Wildman–Crippen LogP) is 5.10. The van der Waals surface area contributed by atoms with Crippen LogP contribution in [-0.2, 0) is 14.2 Å². The largest absolute Gasteiger partial charge is 0.478 e. The summed E-state index contributed by atoms with van der Waals surface area (Å²) in [5.41, 5.74) is 0.0411. The van der Waals surface area contributed by atoms with Crippen LogP contribution in [-0.4, -0.2) is 32.9 Å². The maximum Gasteiger partial charge on any atom is 0.230 e. The SMILES string of the molecule is CCOC(=S)SSC(C)OC(C)SSC(=S)OCC. The molecule has 112 valence electrons. The zero-order chi connectivity index (χ0) is 14.7. The van der Waals surface area contributed by atoms with Crippen LogP contribution in [0.3, 0.4) is 0 Å². The Morgan fingerprint density at radius 3 is 1.58 bits per heavy atom. The van der Waals surface area contributed by atoms with Crippen LogP contribution in [0.25, 0.3) is 0 Å². The van der Waals surface area contributed by atoms with Crippen molar-refractivity contribution in [2.45, 2.75) is 38.6 Å². The molecule has 19 heavy (non-hydrogen) atoms. The summed E-state index contributed by atoms with van der Waals surface area (Å²) >= 11 is 10.0. The van der Waals surface area contributed by atoms with Gasteiger partial charge in [-0.15, -0.1) is 0 Å². The van der Waals surface area contributed by atoms with Gasteiger partial charge in [0.05, 0.1) is 13.2 Å². The molecule has 0 aromatic heterocycles. The van der Waals surface area contributed by atoms with E-state index in [2.05, 4.69) is 0 Å². The van der Waals surface area contributed by atoms with Gasteiger partial charge in [0.2, 0.25) is 8.77 Å². The first-order valence-electron chi connectivity index (χ1n) is 5.65. The lowest BCUT2D eigenvalue weighted by atomic mass is 10.8. The molecule has 0 saturated heterocycles. The van der Waals surface area contributed by atoms with E-state index < -0.39 is 0 Å². The van der Waals surface area contributed by atoms with Crippen molar-refractivity contribution in [3.63, 3.8) is 0 Å². The second kappa shape index (κ2) is 12.8. The van der Waals surface area contributed by atoms with Gasteiger partial charge in [0.25, 0.3) is 0 Å². The molecule has 0 rings (SSSR count). The summed E-state index contributed by atoms with van der Waals surface area (Å²) in [4.78, 5) is 0. The molecule has 0 aromatic rings. The molecule has 0 amide bonds. The highest BCUT2D eigenvalue weighted by atomic mass is 33.1. The van der Waals surface area contributed by atoms with Gasteiger partial charge in [0.1, 0.15) is 10.9 Å². The number of rotatable bonds is 8. The third-order valence-corrected chi connectivity index (χ3v) is 7.36. The number of hydrogen-bond acceptors (Lipinski definition) is 9. The van der Waals surface area contributed by atoms with Gasteiger partial charge in [-0.1, -0.05) is 21.6 Å². The zero-order valence-electron chi connectivity index (χ0n) is 11.2. The van der Waals surface area contributed by atoms with Crippen molar-refractivity contribution in [3.8, 4) is 0 Å². The highest BCUT2D eigenvalue weighted by molar-refractivity contribution is 8.84. The minimum atomic E-state index is 0.0205. The van der Waals surface area contributed by atoms with E-state index in [0.717, 1.165) is 0 Å². The fraction of sp³-hybridized carbons (Fsp3) is 0.800. The number of thiocarbonyl (C=S) groups is 2. The lowest BCUT2D eigenvalue weighted by Crippen LogP contribution is -2.10. The van der Waals surface area contributed by atoms with Gasteiger partial charge in [-0.05, 0) is 73.7 Å². The van der Waals surface area contributed by atoms with E-state index in [9.17, 15) is 0 Å². The van der Waals surface area contributed by atoms with Gasteiger partial charge >= 0.3 is 0 Å². The third-order valence-electron chi connectivity index (χ3n) is 1.41. The standard InChI is InChI=1S/C10H18O3S6/c1-5-11-9(14)18-16-7(3)13-8(4)17-19-10(15)12-6-2/h7-8H,5-6H2,1-4H3. The molecule has 0 heterocycles. The molecule has 0 fully saturated rings. The quantitative estimate of drug-likeness (QED) is 0.325. The smallest absolute Gasteiger partial charge is 0.230 e. The van der Waals surface area contributed by atoms with E-state index in [4.69, 9.17) is 38.6 Å². The molecule has 0 spiro atoms. The Bertz CT molecular complexity index is 250. The minimum Gasteiger partial charge on any atom is -0.478 e. The van der Waals surface area contributed by atoms with E-state index in [1.807, 2.05) is 27.7 Å². The Morgan fingerprint density at radius 2 is 1.26 bits per heavy atom. The molecule has 3 nitrogen and oxygen atoms in total. The van der Waals surface area contributed by atoms with E-state index in [-0.39, 0.29) is 10.9 Å². The molecule has 9 heteroatoms. The van der Waals surface area contributed by atoms with E-state index in [0.29, 0.717) is 22.0 Å². The molecule has 0 aliphatic carbocycles. The van der Waals surface area contributed by atoms with Gasteiger partial charge in [-0.2, -0.15) is 0 Å². The summed E-state index contributed by atoms with van der Waals surface area (Å²) in [5, 5.41) is 0. The molecule has 2 atom stereocenters. The number of ether oxygens (including phenoxy) is 3. The maximum absolute atomic E-state index is 5.76. The normalized spacial score (nSPS) is 13.7. The van der Waals surface area contributed by atoms with Crippen molar-refractivity contribution in [3.05, 3.63) is 0 Å². The summed E-state index contributed by atoms with van der Waals surface area (Å²) < 4.78 is 17.2. The van der Waals surface area contributed by atoms with Crippen LogP contribution in [0.1, 0.15) is 27.7 Å². The summed E-state index contributed by atoms with van der Waals surface area (Å²) in [6.07, 6.45) is 0. The number of hydrogen-bond donors (Lipinski definition) is 0. The zero-order valence-corrected chi connectivity index (χ0v) is 16.1. The fourth-order valence-electron chi connectivity index (χ4n) is 0.813. The third kappa shape index (κ3) is 12.6. The van der Waals surface area contributed by atoms with Crippen molar-refractivity contribution in [2.24, 2.45) is 0 Å². The summed E-state index contributed by atoms with van der Waals surface area (Å²) in [6, 6.07) is 0. The second-order valence-electron chi connectivity index (χ2n) is 3.00. The van der Waals surface area contributed by atoms with E-state index >= 15 is 0 Å². The Labute approximate surface area is 141 Å². The molecule has 0 saturated carbocycles. The van der Waals surface area contributed by atoms with Crippen molar-refractivity contribution < 1.29 is 14.2 Å². The van der Waals surface area contributed by atoms with E-state index in [1.54, 1.807) is 0 Å². The lowest BCUT2D eigenvalue weighted by Gasteiger charge is -2.17. The van der Waals surface area contributed by atoms with Gasteiger partial charge < -0.3 is 14.2 Å². The molecule has 0 bridgehead atoms. The van der Waals surface area contributed by atoms with Crippen LogP contribution in [0.15, 0.2) is 0 Å². The maximum atomic E-state index is 5.76. The molecule has 0 aliphatic heterocycles. The van der Waals surface area contributed by atoms with Crippen molar-refractivity contribution >= 4 is 76.4 Å². The second-order valence-corrected chi connectivity index (χ2v) is 9.20. The Kier molecular flexibility index (Phi) is 13.6. The first-order chi connectivity index (χ1) is 8.99. The van der Waals surface area contributed by atoms with Gasteiger partial charge in [0, 0.05) is 0 Å². The average molecular weight is 379 g/mol. The van der Waals surface area contributed by atoms with Crippen molar-refractivity contribution in [2.75, 3.05) is 13.2 Å². The average Bonchev–Trinajstić information content (AvgIpc) is 2.35. The molecule has 0 N–H and O–H groups in total.